The SMILES string of the molecule is Cc1ccc(CCCC(C)(C)C(=O)Nc2ccc(F)cc2F)cc1.[Ti]. The number of aryl methyl sites for hydroxylation is 2. The average molecular weight is 379 g/mol. The van der Waals surface area contributed by atoms with E-state index in [1.807, 2.05) is 20.8 Å². The molecule has 1 N–H and O–H groups in total. The fourth-order valence-electron chi connectivity index (χ4n) is 2.49. The van der Waals surface area contributed by atoms with Crippen LogP contribution in [-0.4, -0.2) is 5.91 Å². The quantitative estimate of drug-likeness (QED) is 0.682. The molecule has 2 rings (SSSR count). The number of amides is 1. The van der Waals surface area contributed by atoms with E-state index in [0.717, 1.165) is 25.0 Å². The second kappa shape index (κ2) is 9.26. The van der Waals surface area contributed by atoms with Crippen LogP contribution in [0.2, 0.25) is 0 Å². The first-order chi connectivity index (χ1) is 11.3. The van der Waals surface area contributed by atoms with E-state index >= 15 is 0 Å². The molecule has 0 spiro atoms. The van der Waals surface area contributed by atoms with Gasteiger partial charge >= 0.3 is 0 Å². The Morgan fingerprint density at radius 2 is 1.72 bits per heavy atom. The van der Waals surface area contributed by atoms with Crippen molar-refractivity contribution < 1.29 is 35.3 Å². The number of nitrogens with one attached hydrogen (secondary N) is 1. The molecule has 5 heteroatoms. The van der Waals surface area contributed by atoms with E-state index < -0.39 is 17.0 Å². The molecule has 0 fully saturated rings. The minimum atomic E-state index is -0.765. The van der Waals surface area contributed by atoms with Crippen LogP contribution < -0.4 is 5.32 Å². The van der Waals surface area contributed by atoms with Crippen LogP contribution in [0.5, 0.6) is 0 Å². The van der Waals surface area contributed by atoms with Crippen LogP contribution in [0, 0.1) is 24.0 Å². The molecule has 2 nitrogen and oxygen atoms in total. The van der Waals surface area contributed by atoms with Crippen LogP contribution in [0.4, 0.5) is 14.5 Å². The van der Waals surface area contributed by atoms with Crippen molar-refractivity contribution in [3.05, 3.63) is 65.2 Å². The molecule has 0 saturated heterocycles. The number of carbonyl (C=O) groups excluding carboxylic acids is 1. The summed E-state index contributed by atoms with van der Waals surface area (Å²) >= 11 is 0. The van der Waals surface area contributed by atoms with Gasteiger partial charge in [0, 0.05) is 33.2 Å². The van der Waals surface area contributed by atoms with Crippen molar-refractivity contribution in [2.45, 2.75) is 40.0 Å². The smallest absolute Gasteiger partial charge is 0.230 e. The van der Waals surface area contributed by atoms with Crippen LogP contribution in [0.1, 0.15) is 37.8 Å². The van der Waals surface area contributed by atoms with E-state index in [0.29, 0.717) is 6.42 Å². The maximum absolute atomic E-state index is 13.7. The molecule has 0 atom stereocenters. The first-order valence-corrected chi connectivity index (χ1v) is 8.10. The van der Waals surface area contributed by atoms with Gasteiger partial charge in [-0.1, -0.05) is 43.7 Å². The van der Waals surface area contributed by atoms with Crippen molar-refractivity contribution in [1.29, 1.82) is 0 Å². The Hall–Kier alpha value is -1.52. The molecule has 2 aromatic carbocycles. The average Bonchev–Trinajstić information content (AvgIpc) is 2.52. The van der Waals surface area contributed by atoms with E-state index in [2.05, 4.69) is 29.6 Å². The summed E-state index contributed by atoms with van der Waals surface area (Å²) in [5, 5.41) is 2.55. The van der Waals surface area contributed by atoms with Gasteiger partial charge in [0.15, 0.2) is 0 Å². The fraction of sp³-hybridized carbons (Fsp3) is 0.350. The fourth-order valence-corrected chi connectivity index (χ4v) is 2.49. The Balaban J connectivity index is 0.00000312. The largest absolute Gasteiger partial charge is 0.323 e. The zero-order valence-corrected chi connectivity index (χ0v) is 16.4. The number of anilines is 1. The number of rotatable bonds is 6. The minimum absolute atomic E-state index is 0. The van der Waals surface area contributed by atoms with Gasteiger partial charge in [-0.2, -0.15) is 0 Å². The molecular formula is C20H23F2NOTi. The summed E-state index contributed by atoms with van der Waals surface area (Å²) in [4.78, 5) is 12.4. The van der Waals surface area contributed by atoms with Crippen molar-refractivity contribution >= 4 is 11.6 Å². The number of benzene rings is 2. The maximum Gasteiger partial charge on any atom is 0.230 e. The van der Waals surface area contributed by atoms with Crippen LogP contribution in [0.3, 0.4) is 0 Å². The summed E-state index contributed by atoms with van der Waals surface area (Å²) in [6, 6.07) is 11.5. The summed E-state index contributed by atoms with van der Waals surface area (Å²) in [5.41, 5.74) is 1.83. The standard InChI is InChI=1S/C20H23F2NO.Ti/c1-14-6-8-15(9-7-14)5-4-12-20(2,3)19(24)23-18-11-10-16(21)13-17(18)22;/h6-11,13H,4-5,12H2,1-3H3,(H,23,24);. The number of hydrogen-bond acceptors (Lipinski definition) is 1. The predicted octanol–water partition coefficient (Wildman–Crippen LogP) is 5.26. The Labute approximate surface area is 162 Å². The third-order valence-corrected chi connectivity index (χ3v) is 4.18. The third-order valence-electron chi connectivity index (χ3n) is 4.18. The molecule has 1 amide bonds. The van der Waals surface area contributed by atoms with Crippen molar-refractivity contribution in [1.82, 2.24) is 0 Å². The zero-order chi connectivity index (χ0) is 17.7. The van der Waals surface area contributed by atoms with Crippen molar-refractivity contribution in [3.8, 4) is 0 Å². The topological polar surface area (TPSA) is 29.1 Å². The Bertz CT molecular complexity index is 714. The summed E-state index contributed by atoms with van der Waals surface area (Å²) in [6.07, 6.45) is 2.42. The molecule has 0 aliphatic carbocycles. The van der Waals surface area contributed by atoms with Gasteiger partial charge in [-0.15, -0.1) is 0 Å². The van der Waals surface area contributed by atoms with Gasteiger partial charge in [-0.05, 0) is 43.9 Å². The molecule has 0 aliphatic heterocycles. The van der Waals surface area contributed by atoms with E-state index in [1.165, 1.54) is 17.2 Å². The predicted molar refractivity (Wildman–Crippen MR) is 92.9 cm³/mol. The monoisotopic (exact) mass is 379 g/mol. The summed E-state index contributed by atoms with van der Waals surface area (Å²) in [5.74, 6) is -1.70. The molecule has 25 heavy (non-hydrogen) atoms. The van der Waals surface area contributed by atoms with Gasteiger partial charge in [0.2, 0.25) is 5.91 Å². The summed E-state index contributed by atoms with van der Waals surface area (Å²) < 4.78 is 26.6. The molecule has 0 bridgehead atoms. The van der Waals surface area contributed by atoms with Gasteiger partial charge in [-0.25, -0.2) is 8.78 Å². The van der Waals surface area contributed by atoms with Gasteiger partial charge in [0.25, 0.3) is 0 Å². The van der Waals surface area contributed by atoms with Gasteiger partial charge in [-0.3, -0.25) is 4.79 Å². The number of carbonyl (C=O) groups is 1. The Morgan fingerprint density at radius 1 is 1.08 bits per heavy atom. The van der Waals surface area contributed by atoms with E-state index in [1.54, 1.807) is 0 Å². The van der Waals surface area contributed by atoms with Crippen molar-refractivity contribution in [2.24, 2.45) is 5.41 Å². The first kappa shape index (κ1) is 21.5. The Morgan fingerprint density at radius 3 is 2.32 bits per heavy atom. The summed E-state index contributed by atoms with van der Waals surface area (Å²) in [6.45, 7) is 5.71. The van der Waals surface area contributed by atoms with Crippen molar-refractivity contribution in [3.63, 3.8) is 0 Å². The molecule has 2 aromatic rings. The minimum Gasteiger partial charge on any atom is -0.323 e. The second-order valence-electron chi connectivity index (χ2n) is 6.80. The van der Waals surface area contributed by atoms with Gasteiger partial charge in [0.05, 0.1) is 5.69 Å². The van der Waals surface area contributed by atoms with Crippen molar-refractivity contribution in [2.75, 3.05) is 5.32 Å². The molecule has 0 heterocycles. The molecule has 0 aliphatic rings. The van der Waals surface area contributed by atoms with Crippen LogP contribution >= 0.6 is 0 Å². The van der Waals surface area contributed by atoms with Gasteiger partial charge in [0.1, 0.15) is 11.6 Å². The first-order valence-electron chi connectivity index (χ1n) is 8.10. The van der Waals surface area contributed by atoms with Crippen LogP contribution in [-0.2, 0) is 32.9 Å². The Kier molecular flexibility index (Phi) is 7.97. The van der Waals surface area contributed by atoms with Crippen LogP contribution in [0.15, 0.2) is 42.5 Å². The van der Waals surface area contributed by atoms with Gasteiger partial charge < -0.3 is 5.32 Å². The van der Waals surface area contributed by atoms with E-state index in [-0.39, 0.29) is 33.3 Å². The van der Waals surface area contributed by atoms with E-state index in [9.17, 15) is 13.6 Å². The number of hydrogen-bond donors (Lipinski definition) is 1. The molecule has 0 unspecified atom stereocenters. The molecule has 0 aromatic heterocycles. The second-order valence-corrected chi connectivity index (χ2v) is 6.80. The third kappa shape index (κ3) is 6.37. The zero-order valence-electron chi connectivity index (χ0n) is 14.8. The molecule has 0 radical (unpaired) electrons. The molecule has 0 saturated carbocycles. The molecule has 132 valence electrons. The normalized spacial score (nSPS) is 10.9. The number of halogens is 2. The van der Waals surface area contributed by atoms with Crippen LogP contribution in [0.25, 0.3) is 0 Å². The molecular weight excluding hydrogens is 356 g/mol. The maximum atomic E-state index is 13.7. The van der Waals surface area contributed by atoms with E-state index in [4.69, 9.17) is 0 Å². The summed E-state index contributed by atoms with van der Waals surface area (Å²) in [7, 11) is 0.